The minimum atomic E-state index is 0.535. The van der Waals surface area contributed by atoms with E-state index in [1.165, 1.54) is 19.4 Å². The summed E-state index contributed by atoms with van der Waals surface area (Å²) in [5, 5.41) is 3.25. The van der Waals surface area contributed by atoms with Gasteiger partial charge in [-0.2, -0.15) is 0 Å². The van der Waals surface area contributed by atoms with E-state index in [-0.39, 0.29) is 0 Å². The van der Waals surface area contributed by atoms with Crippen LogP contribution in [0.4, 0.5) is 0 Å². The highest BCUT2D eigenvalue weighted by atomic mass is 79.9. The molecule has 2 rings (SSSR count). The van der Waals surface area contributed by atoms with Crippen LogP contribution in [-0.2, 0) is 6.54 Å². The first-order valence-corrected chi connectivity index (χ1v) is 8.00. The lowest BCUT2D eigenvalue weighted by Gasteiger charge is -2.23. The van der Waals surface area contributed by atoms with E-state index in [1.807, 2.05) is 12.1 Å². The summed E-state index contributed by atoms with van der Waals surface area (Å²) in [7, 11) is 0. The molecule has 0 aromatic heterocycles. The lowest BCUT2D eigenvalue weighted by molar-refractivity contribution is 0.267. The van der Waals surface area contributed by atoms with Gasteiger partial charge in [-0.15, -0.1) is 0 Å². The predicted molar refractivity (Wildman–Crippen MR) is 87.7 cm³/mol. The number of nitrogens with one attached hydrogen (secondary N) is 1. The second-order valence-corrected chi connectivity index (χ2v) is 6.05. The highest BCUT2D eigenvalue weighted by Gasteiger charge is 2.22. The fourth-order valence-corrected chi connectivity index (χ4v) is 3.08. The Kier molecular flexibility index (Phi) is 5.86. The third kappa shape index (κ3) is 4.49. The van der Waals surface area contributed by atoms with Crippen LogP contribution in [0, 0.1) is 0 Å². The molecule has 4 nitrogen and oxygen atoms in total. The van der Waals surface area contributed by atoms with Gasteiger partial charge in [-0.3, -0.25) is 4.90 Å². The van der Waals surface area contributed by atoms with Gasteiger partial charge >= 0.3 is 0 Å². The Morgan fingerprint density at radius 3 is 3.15 bits per heavy atom. The van der Waals surface area contributed by atoms with Crippen molar-refractivity contribution in [2.45, 2.75) is 32.4 Å². The van der Waals surface area contributed by atoms with Crippen molar-refractivity contribution >= 4 is 21.9 Å². The molecule has 3 N–H and O–H groups in total. The van der Waals surface area contributed by atoms with Gasteiger partial charge in [0.2, 0.25) is 0 Å². The molecular formula is C15H23BrN4. The number of nitrogens with zero attached hydrogens (tertiary/aromatic N) is 2. The maximum atomic E-state index is 5.93. The molecule has 0 saturated carbocycles. The molecule has 0 amide bonds. The number of nitrogens with two attached hydrogens (primary N) is 1. The Morgan fingerprint density at radius 1 is 1.55 bits per heavy atom. The minimum absolute atomic E-state index is 0.535. The number of halogens is 1. The molecule has 1 aromatic rings. The lowest BCUT2D eigenvalue weighted by atomic mass is 10.2. The molecule has 0 bridgehead atoms. The first-order chi connectivity index (χ1) is 9.69. The van der Waals surface area contributed by atoms with E-state index in [4.69, 9.17) is 5.73 Å². The molecule has 1 unspecified atom stereocenters. The molecule has 0 spiro atoms. The first-order valence-electron chi connectivity index (χ1n) is 7.21. The summed E-state index contributed by atoms with van der Waals surface area (Å²) in [6.07, 6.45) is 2.54. The maximum absolute atomic E-state index is 5.93. The summed E-state index contributed by atoms with van der Waals surface area (Å²) in [4.78, 5) is 6.89. The summed E-state index contributed by atoms with van der Waals surface area (Å²) in [6.45, 7) is 6.03. The van der Waals surface area contributed by atoms with Gasteiger partial charge in [0, 0.05) is 17.1 Å². The van der Waals surface area contributed by atoms with Crippen molar-refractivity contribution in [3.8, 4) is 0 Å². The third-order valence-corrected chi connectivity index (χ3v) is 4.24. The number of benzene rings is 1. The molecule has 1 aliphatic rings. The van der Waals surface area contributed by atoms with Crippen molar-refractivity contribution < 1.29 is 0 Å². The molecule has 0 aliphatic carbocycles. The fraction of sp³-hybridized carbons (Fsp3) is 0.533. The van der Waals surface area contributed by atoms with Gasteiger partial charge in [0.25, 0.3) is 0 Å². The number of rotatable bonds is 5. The third-order valence-electron chi connectivity index (χ3n) is 3.75. The summed E-state index contributed by atoms with van der Waals surface area (Å²) >= 11 is 3.46. The number of likely N-dealkylation sites (N-methyl/N-ethyl adjacent to an activating group) is 1. The van der Waals surface area contributed by atoms with Crippen LogP contribution in [0.2, 0.25) is 0 Å². The summed E-state index contributed by atoms with van der Waals surface area (Å²) in [5.41, 5.74) is 7.09. The molecule has 1 saturated heterocycles. The average Bonchev–Trinajstić information content (AvgIpc) is 2.90. The standard InChI is InChI=1S/C15H23BrN4/c1-2-20-8-4-7-14(20)11-19-15(17)18-10-12-5-3-6-13(16)9-12/h3,5-6,9,14H,2,4,7-8,10-11H2,1H3,(H3,17,18,19). The van der Waals surface area contributed by atoms with E-state index in [9.17, 15) is 0 Å². The molecular weight excluding hydrogens is 316 g/mol. The van der Waals surface area contributed by atoms with Crippen molar-refractivity contribution in [3.05, 3.63) is 34.3 Å². The van der Waals surface area contributed by atoms with Crippen LogP contribution in [0.15, 0.2) is 33.7 Å². The molecule has 110 valence electrons. The molecule has 1 aliphatic heterocycles. The SMILES string of the molecule is CCN1CCCC1CNC(N)=NCc1cccc(Br)c1. The van der Waals surface area contributed by atoms with Gasteiger partial charge in [0.1, 0.15) is 0 Å². The van der Waals surface area contributed by atoms with Gasteiger partial charge in [-0.1, -0.05) is 35.0 Å². The number of likely N-dealkylation sites (tertiary alicyclic amines) is 1. The van der Waals surface area contributed by atoms with E-state index in [2.05, 4.69) is 50.2 Å². The van der Waals surface area contributed by atoms with E-state index in [0.29, 0.717) is 18.5 Å². The average molecular weight is 339 g/mol. The van der Waals surface area contributed by atoms with Crippen LogP contribution in [0.1, 0.15) is 25.3 Å². The van der Waals surface area contributed by atoms with Crippen molar-refractivity contribution in [1.29, 1.82) is 0 Å². The van der Waals surface area contributed by atoms with Crippen LogP contribution < -0.4 is 11.1 Å². The zero-order chi connectivity index (χ0) is 14.4. The first kappa shape index (κ1) is 15.3. The highest BCUT2D eigenvalue weighted by Crippen LogP contribution is 2.15. The molecule has 1 heterocycles. The predicted octanol–water partition coefficient (Wildman–Crippen LogP) is 2.34. The van der Waals surface area contributed by atoms with Crippen LogP contribution in [0.25, 0.3) is 0 Å². The molecule has 1 fully saturated rings. The van der Waals surface area contributed by atoms with Gasteiger partial charge in [-0.05, 0) is 43.6 Å². The van der Waals surface area contributed by atoms with Crippen LogP contribution in [-0.4, -0.2) is 36.5 Å². The Morgan fingerprint density at radius 2 is 2.40 bits per heavy atom. The maximum Gasteiger partial charge on any atom is 0.188 e. The Labute approximate surface area is 129 Å². The van der Waals surface area contributed by atoms with Crippen molar-refractivity contribution in [1.82, 2.24) is 10.2 Å². The number of aliphatic imine (C=N–C) groups is 1. The quantitative estimate of drug-likeness (QED) is 0.640. The normalized spacial score (nSPS) is 20.3. The molecule has 1 aromatic carbocycles. The molecule has 20 heavy (non-hydrogen) atoms. The molecule has 1 atom stereocenters. The minimum Gasteiger partial charge on any atom is -0.370 e. The van der Waals surface area contributed by atoms with Crippen LogP contribution >= 0.6 is 15.9 Å². The van der Waals surface area contributed by atoms with E-state index >= 15 is 0 Å². The van der Waals surface area contributed by atoms with Gasteiger partial charge in [0.15, 0.2) is 5.96 Å². The molecule has 0 radical (unpaired) electrons. The topological polar surface area (TPSA) is 53.6 Å². The number of hydrogen-bond donors (Lipinski definition) is 2. The largest absolute Gasteiger partial charge is 0.370 e. The number of hydrogen-bond acceptors (Lipinski definition) is 2. The van der Waals surface area contributed by atoms with Crippen molar-refractivity contribution in [2.24, 2.45) is 10.7 Å². The summed E-state index contributed by atoms with van der Waals surface area (Å²) in [6, 6.07) is 8.73. The van der Waals surface area contributed by atoms with Gasteiger partial charge < -0.3 is 11.1 Å². The fourth-order valence-electron chi connectivity index (χ4n) is 2.63. The monoisotopic (exact) mass is 338 g/mol. The number of guanidine groups is 1. The van der Waals surface area contributed by atoms with Gasteiger partial charge in [0.05, 0.1) is 6.54 Å². The summed E-state index contributed by atoms with van der Waals surface area (Å²) < 4.78 is 1.07. The van der Waals surface area contributed by atoms with Crippen LogP contribution in [0.3, 0.4) is 0 Å². The lowest BCUT2D eigenvalue weighted by Crippen LogP contribution is -2.42. The van der Waals surface area contributed by atoms with E-state index in [0.717, 1.165) is 23.1 Å². The second-order valence-electron chi connectivity index (χ2n) is 5.14. The van der Waals surface area contributed by atoms with Crippen molar-refractivity contribution in [2.75, 3.05) is 19.6 Å². The van der Waals surface area contributed by atoms with Crippen molar-refractivity contribution in [3.63, 3.8) is 0 Å². The van der Waals surface area contributed by atoms with E-state index in [1.54, 1.807) is 0 Å². The smallest absolute Gasteiger partial charge is 0.188 e. The Hall–Kier alpha value is -1.07. The second kappa shape index (κ2) is 7.64. The van der Waals surface area contributed by atoms with E-state index < -0.39 is 0 Å². The Balaban J connectivity index is 1.79. The Bertz CT molecular complexity index is 461. The van der Waals surface area contributed by atoms with Crippen LogP contribution in [0.5, 0.6) is 0 Å². The zero-order valence-corrected chi connectivity index (χ0v) is 13.6. The summed E-state index contributed by atoms with van der Waals surface area (Å²) in [5.74, 6) is 0.535. The molecule has 5 heteroatoms. The zero-order valence-electron chi connectivity index (χ0n) is 12.0. The van der Waals surface area contributed by atoms with Gasteiger partial charge in [-0.25, -0.2) is 4.99 Å². The highest BCUT2D eigenvalue weighted by molar-refractivity contribution is 9.10.